The van der Waals surface area contributed by atoms with E-state index in [2.05, 4.69) is 5.32 Å². The zero-order valence-corrected chi connectivity index (χ0v) is 13.2. The molecule has 22 heavy (non-hydrogen) atoms. The molecule has 6 heteroatoms. The number of hydrogen-bond acceptors (Lipinski definition) is 3. The summed E-state index contributed by atoms with van der Waals surface area (Å²) in [5.74, 6) is -0.299. The Hall–Kier alpha value is -2.40. The second-order valence-corrected chi connectivity index (χ2v) is 5.56. The van der Waals surface area contributed by atoms with E-state index in [0.29, 0.717) is 11.3 Å². The minimum Gasteiger partial charge on any atom is -0.322 e. The second-order valence-electron chi connectivity index (χ2n) is 5.15. The van der Waals surface area contributed by atoms with Gasteiger partial charge in [-0.1, -0.05) is 29.3 Å². The van der Waals surface area contributed by atoms with Gasteiger partial charge in [0.25, 0.3) is 11.6 Å². The minimum absolute atomic E-state index is 0.0331. The van der Waals surface area contributed by atoms with Gasteiger partial charge in [-0.05, 0) is 44.0 Å². The summed E-state index contributed by atoms with van der Waals surface area (Å²) in [5, 5.41) is 13.6. The lowest BCUT2D eigenvalue weighted by molar-refractivity contribution is -0.384. The predicted octanol–water partition coefficient (Wildman–Crippen LogP) is 4.43. The lowest BCUT2D eigenvalue weighted by atomic mass is 9.99. The molecule has 0 heterocycles. The van der Waals surface area contributed by atoms with E-state index >= 15 is 0 Å². The van der Waals surface area contributed by atoms with Gasteiger partial charge < -0.3 is 5.32 Å². The van der Waals surface area contributed by atoms with E-state index in [1.165, 1.54) is 18.2 Å². The van der Waals surface area contributed by atoms with Gasteiger partial charge in [-0.25, -0.2) is 0 Å². The van der Waals surface area contributed by atoms with Crippen molar-refractivity contribution >= 4 is 28.9 Å². The van der Waals surface area contributed by atoms with Crippen LogP contribution in [0.2, 0.25) is 5.02 Å². The zero-order chi connectivity index (χ0) is 16.4. The van der Waals surface area contributed by atoms with Crippen LogP contribution in [0.15, 0.2) is 30.3 Å². The van der Waals surface area contributed by atoms with Crippen LogP contribution in [0.5, 0.6) is 0 Å². The van der Waals surface area contributed by atoms with Gasteiger partial charge in [0.15, 0.2) is 0 Å². The van der Waals surface area contributed by atoms with Crippen molar-refractivity contribution in [1.29, 1.82) is 0 Å². The van der Waals surface area contributed by atoms with Crippen molar-refractivity contribution in [1.82, 2.24) is 0 Å². The topological polar surface area (TPSA) is 72.2 Å². The number of carbonyl (C=O) groups is 1. The minimum atomic E-state index is -0.583. The Morgan fingerprint density at radius 1 is 1.14 bits per heavy atom. The van der Waals surface area contributed by atoms with Crippen molar-refractivity contribution in [2.45, 2.75) is 20.8 Å². The summed E-state index contributed by atoms with van der Waals surface area (Å²) in [4.78, 5) is 22.7. The largest absolute Gasteiger partial charge is 0.322 e. The van der Waals surface area contributed by atoms with Gasteiger partial charge in [-0.2, -0.15) is 0 Å². The molecule has 2 aromatic carbocycles. The number of carbonyl (C=O) groups excluding carboxylic acids is 1. The molecule has 0 aliphatic rings. The first-order chi connectivity index (χ1) is 10.3. The summed E-state index contributed by atoms with van der Waals surface area (Å²) in [6.07, 6.45) is 0. The van der Waals surface area contributed by atoms with E-state index < -0.39 is 4.92 Å². The zero-order valence-electron chi connectivity index (χ0n) is 12.4. The number of nitro groups is 1. The third-order valence-electron chi connectivity index (χ3n) is 3.30. The fourth-order valence-electron chi connectivity index (χ4n) is 2.46. The summed E-state index contributed by atoms with van der Waals surface area (Å²) in [7, 11) is 0. The molecule has 2 aromatic rings. The quantitative estimate of drug-likeness (QED) is 0.672. The first kappa shape index (κ1) is 16.0. The molecule has 0 atom stereocenters. The molecule has 1 N–H and O–H groups in total. The number of halogens is 1. The third kappa shape index (κ3) is 3.26. The average Bonchev–Trinajstić information content (AvgIpc) is 2.39. The molecule has 0 spiro atoms. The Morgan fingerprint density at radius 3 is 2.27 bits per heavy atom. The van der Waals surface area contributed by atoms with Crippen LogP contribution >= 0.6 is 11.6 Å². The number of rotatable bonds is 3. The van der Waals surface area contributed by atoms with E-state index in [0.717, 1.165) is 16.7 Å². The summed E-state index contributed by atoms with van der Waals surface area (Å²) in [6, 6.07) is 8.02. The van der Waals surface area contributed by atoms with Crippen LogP contribution < -0.4 is 5.32 Å². The summed E-state index contributed by atoms with van der Waals surface area (Å²) in [6.45, 7) is 5.68. The second kappa shape index (κ2) is 6.15. The third-order valence-corrected chi connectivity index (χ3v) is 3.62. The Morgan fingerprint density at radius 2 is 1.73 bits per heavy atom. The molecule has 0 aromatic heterocycles. The number of nitro benzene ring substituents is 1. The molecule has 114 valence electrons. The first-order valence-electron chi connectivity index (χ1n) is 6.62. The van der Waals surface area contributed by atoms with E-state index in [9.17, 15) is 14.9 Å². The van der Waals surface area contributed by atoms with Crippen LogP contribution in [0.4, 0.5) is 11.4 Å². The maximum Gasteiger partial charge on any atom is 0.289 e. The lowest BCUT2D eigenvalue weighted by Crippen LogP contribution is -2.15. The highest BCUT2D eigenvalue weighted by Crippen LogP contribution is 2.28. The Bertz CT molecular complexity index is 749. The van der Waals surface area contributed by atoms with Gasteiger partial charge in [0.1, 0.15) is 5.02 Å². The van der Waals surface area contributed by atoms with Crippen LogP contribution in [0.3, 0.4) is 0 Å². The van der Waals surface area contributed by atoms with Crippen LogP contribution in [-0.4, -0.2) is 10.8 Å². The van der Waals surface area contributed by atoms with E-state index in [1.807, 2.05) is 32.9 Å². The standard InChI is InChI=1S/C16H15ClN2O3/c1-9-6-10(2)15(11(3)7-9)16(20)18-12-4-5-13(17)14(8-12)19(21)22/h4-8H,1-3H3,(H,18,20). The number of hydrogen-bond donors (Lipinski definition) is 1. The molecule has 5 nitrogen and oxygen atoms in total. The fourth-order valence-corrected chi connectivity index (χ4v) is 2.65. The van der Waals surface area contributed by atoms with Crippen molar-refractivity contribution in [3.63, 3.8) is 0 Å². The highest BCUT2D eigenvalue weighted by Gasteiger charge is 2.16. The number of anilines is 1. The Labute approximate surface area is 133 Å². The van der Waals surface area contributed by atoms with Crippen molar-refractivity contribution in [3.05, 3.63) is 67.7 Å². The molecule has 0 aliphatic heterocycles. The van der Waals surface area contributed by atoms with Gasteiger partial charge >= 0.3 is 0 Å². The number of nitrogens with zero attached hydrogens (tertiary/aromatic N) is 1. The molecule has 0 unspecified atom stereocenters. The van der Waals surface area contributed by atoms with Gasteiger partial charge in [0.2, 0.25) is 0 Å². The van der Waals surface area contributed by atoms with Crippen LogP contribution in [0, 0.1) is 30.9 Å². The molecule has 0 saturated heterocycles. The molecule has 0 fully saturated rings. The van der Waals surface area contributed by atoms with Crippen LogP contribution in [0.25, 0.3) is 0 Å². The van der Waals surface area contributed by atoms with Crippen LogP contribution in [-0.2, 0) is 0 Å². The molecular formula is C16H15ClN2O3. The molecule has 1 amide bonds. The maximum absolute atomic E-state index is 12.4. The van der Waals surface area contributed by atoms with Gasteiger partial charge in [0, 0.05) is 17.3 Å². The number of nitrogens with one attached hydrogen (secondary N) is 1. The molecule has 0 saturated carbocycles. The molecular weight excluding hydrogens is 304 g/mol. The highest BCUT2D eigenvalue weighted by molar-refractivity contribution is 6.32. The fraction of sp³-hybridized carbons (Fsp3) is 0.188. The van der Waals surface area contributed by atoms with Gasteiger partial charge in [0.05, 0.1) is 4.92 Å². The van der Waals surface area contributed by atoms with Crippen molar-refractivity contribution in [3.8, 4) is 0 Å². The molecule has 0 radical (unpaired) electrons. The summed E-state index contributed by atoms with van der Waals surface area (Å²) < 4.78 is 0. The van der Waals surface area contributed by atoms with E-state index in [-0.39, 0.29) is 16.6 Å². The number of amides is 1. The first-order valence-corrected chi connectivity index (χ1v) is 7.00. The lowest BCUT2D eigenvalue weighted by Gasteiger charge is -2.12. The SMILES string of the molecule is Cc1cc(C)c(C(=O)Nc2ccc(Cl)c([N+](=O)[O-])c2)c(C)c1. The summed E-state index contributed by atoms with van der Waals surface area (Å²) >= 11 is 5.76. The van der Waals surface area contributed by atoms with Crippen LogP contribution in [0.1, 0.15) is 27.0 Å². The smallest absolute Gasteiger partial charge is 0.289 e. The monoisotopic (exact) mass is 318 g/mol. The normalized spacial score (nSPS) is 10.4. The van der Waals surface area contributed by atoms with Crippen molar-refractivity contribution in [2.24, 2.45) is 0 Å². The van der Waals surface area contributed by atoms with Crippen molar-refractivity contribution in [2.75, 3.05) is 5.32 Å². The maximum atomic E-state index is 12.4. The molecule has 0 aliphatic carbocycles. The van der Waals surface area contributed by atoms with E-state index in [4.69, 9.17) is 11.6 Å². The van der Waals surface area contributed by atoms with Crippen molar-refractivity contribution < 1.29 is 9.72 Å². The van der Waals surface area contributed by atoms with Gasteiger partial charge in [-0.3, -0.25) is 14.9 Å². The molecule has 2 rings (SSSR count). The molecule has 0 bridgehead atoms. The van der Waals surface area contributed by atoms with E-state index in [1.54, 1.807) is 0 Å². The average molecular weight is 319 g/mol. The number of benzene rings is 2. The Balaban J connectivity index is 2.34. The Kier molecular flexibility index (Phi) is 4.47. The highest BCUT2D eigenvalue weighted by atomic mass is 35.5. The summed E-state index contributed by atoms with van der Waals surface area (Å²) in [5.41, 5.74) is 3.46. The van der Waals surface area contributed by atoms with Gasteiger partial charge in [-0.15, -0.1) is 0 Å². The predicted molar refractivity (Wildman–Crippen MR) is 86.7 cm³/mol. The number of aryl methyl sites for hydroxylation is 3.